The van der Waals surface area contributed by atoms with E-state index >= 15 is 0 Å². The SMILES string of the molecule is CC(=O)O.CC(=O)O.CC(=O)O.CC(=O)O.NCCN.[Na+].[Na+].[O-]B([O-])O. The zero-order valence-electron chi connectivity index (χ0n) is 15.8. The summed E-state index contributed by atoms with van der Waals surface area (Å²) in [6, 6.07) is 0. The van der Waals surface area contributed by atoms with Crippen LogP contribution in [0.2, 0.25) is 0 Å². The summed E-state index contributed by atoms with van der Waals surface area (Å²) >= 11 is 0. The van der Waals surface area contributed by atoms with Crippen LogP contribution in [0.4, 0.5) is 0 Å². The smallest absolute Gasteiger partial charge is 0.871 e. The second-order valence-electron chi connectivity index (χ2n) is 2.96. The van der Waals surface area contributed by atoms with Crippen LogP contribution in [0.15, 0.2) is 0 Å². The third-order valence-corrected chi connectivity index (χ3v) is 0.167. The molecule has 0 aromatic rings. The minimum atomic E-state index is -2.67. The summed E-state index contributed by atoms with van der Waals surface area (Å²) in [5.41, 5.74) is 9.81. The van der Waals surface area contributed by atoms with Gasteiger partial charge in [-0.25, -0.2) is 0 Å². The molecule has 0 aliphatic heterocycles. The molecule has 0 unspecified atom stereocenters. The van der Waals surface area contributed by atoms with Crippen LogP contribution in [-0.4, -0.2) is 69.7 Å². The maximum atomic E-state index is 9.00. The van der Waals surface area contributed by atoms with E-state index < -0.39 is 31.2 Å². The molecule has 16 heteroatoms. The van der Waals surface area contributed by atoms with Crippen molar-refractivity contribution < 1.29 is 114 Å². The van der Waals surface area contributed by atoms with Crippen LogP contribution < -0.4 is 80.6 Å². The van der Waals surface area contributed by atoms with Crippen LogP contribution in [0.25, 0.3) is 0 Å². The Morgan fingerprint density at radius 1 is 0.692 bits per heavy atom. The fraction of sp³-hybridized carbons (Fsp3) is 0.600. The first-order valence-electron chi connectivity index (χ1n) is 5.76. The van der Waals surface area contributed by atoms with E-state index in [2.05, 4.69) is 0 Å². The number of carbonyl (C=O) groups is 4. The van der Waals surface area contributed by atoms with Gasteiger partial charge in [-0.1, -0.05) is 0 Å². The number of hydrogen-bond donors (Lipinski definition) is 7. The van der Waals surface area contributed by atoms with Crippen LogP contribution in [0.3, 0.4) is 0 Å². The van der Waals surface area contributed by atoms with Gasteiger partial charge in [0.25, 0.3) is 23.9 Å². The van der Waals surface area contributed by atoms with Crippen LogP contribution in [0.5, 0.6) is 0 Å². The molecule has 146 valence electrons. The monoisotopic (exact) mass is 406 g/mol. The van der Waals surface area contributed by atoms with E-state index in [1.165, 1.54) is 0 Å². The normalized spacial score (nSPS) is 6.04. The van der Waals surface area contributed by atoms with Gasteiger partial charge in [0.1, 0.15) is 0 Å². The average molecular weight is 406 g/mol. The van der Waals surface area contributed by atoms with Gasteiger partial charge in [-0.3, -0.25) is 19.2 Å². The summed E-state index contributed by atoms with van der Waals surface area (Å²) < 4.78 is 0. The molecule has 0 aliphatic rings. The number of carboxylic acids is 4. The van der Waals surface area contributed by atoms with Crippen LogP contribution in [0.1, 0.15) is 27.7 Å². The molecule has 13 nitrogen and oxygen atoms in total. The van der Waals surface area contributed by atoms with E-state index in [1.807, 2.05) is 0 Å². The molecule has 0 aromatic carbocycles. The maximum Gasteiger partial charge on any atom is 1.00 e. The van der Waals surface area contributed by atoms with Crippen molar-refractivity contribution in [1.29, 1.82) is 0 Å². The predicted molar refractivity (Wildman–Crippen MR) is 79.3 cm³/mol. The topological polar surface area (TPSA) is 268 Å². The molecular formula is C10H25BN2Na2O11. The van der Waals surface area contributed by atoms with Crippen molar-refractivity contribution in [3.8, 4) is 0 Å². The summed E-state index contributed by atoms with van der Waals surface area (Å²) in [6.45, 7) is 5.53. The number of rotatable bonds is 1. The molecule has 0 fully saturated rings. The number of hydrogen-bond acceptors (Lipinski definition) is 9. The molecule has 0 amide bonds. The number of aliphatic carboxylic acids is 4. The Bertz CT molecular complexity index is 242. The van der Waals surface area contributed by atoms with Crippen molar-refractivity contribution >= 4 is 31.2 Å². The van der Waals surface area contributed by atoms with Crippen LogP contribution >= 0.6 is 0 Å². The Hall–Kier alpha value is -0.255. The quantitative estimate of drug-likeness (QED) is 0.200. The third-order valence-electron chi connectivity index (χ3n) is 0.167. The number of carboxylic acid groups (broad SMARTS) is 4. The van der Waals surface area contributed by atoms with Crippen molar-refractivity contribution in [3.05, 3.63) is 0 Å². The zero-order chi connectivity index (χ0) is 21.3. The third kappa shape index (κ3) is 22100. The Kier molecular flexibility index (Phi) is 95.8. The van der Waals surface area contributed by atoms with Gasteiger partial charge in [0.2, 0.25) is 0 Å². The fourth-order valence-corrected chi connectivity index (χ4v) is 0. The minimum Gasteiger partial charge on any atom is -0.871 e. The van der Waals surface area contributed by atoms with Crippen molar-refractivity contribution in [2.45, 2.75) is 27.7 Å². The van der Waals surface area contributed by atoms with Crippen molar-refractivity contribution in [2.24, 2.45) is 11.5 Å². The van der Waals surface area contributed by atoms with Gasteiger partial charge in [-0.15, -0.1) is 0 Å². The summed E-state index contributed by atoms with van der Waals surface area (Å²) in [5.74, 6) is -3.33. The molecule has 0 spiro atoms. The molecule has 0 radical (unpaired) electrons. The summed E-state index contributed by atoms with van der Waals surface area (Å²) in [5, 5.41) is 53.7. The van der Waals surface area contributed by atoms with E-state index in [9.17, 15) is 0 Å². The molecule has 0 aromatic heterocycles. The maximum absolute atomic E-state index is 9.00. The molecule has 0 atom stereocenters. The van der Waals surface area contributed by atoms with E-state index in [0.717, 1.165) is 27.7 Å². The van der Waals surface area contributed by atoms with Crippen LogP contribution in [0, 0.1) is 0 Å². The molecule has 0 bridgehead atoms. The van der Waals surface area contributed by atoms with E-state index in [1.54, 1.807) is 0 Å². The van der Waals surface area contributed by atoms with Gasteiger partial charge in [0, 0.05) is 40.8 Å². The van der Waals surface area contributed by atoms with Gasteiger partial charge in [-0.05, 0) is 0 Å². The summed E-state index contributed by atoms with van der Waals surface area (Å²) in [4.78, 5) is 36.0. The predicted octanol–water partition coefficient (Wildman–Crippen LogP) is -10.0. The first-order chi connectivity index (χ1) is 10.6. The van der Waals surface area contributed by atoms with Gasteiger partial charge in [0.05, 0.1) is 7.32 Å². The van der Waals surface area contributed by atoms with E-state index in [-0.39, 0.29) is 59.1 Å². The van der Waals surface area contributed by atoms with Gasteiger partial charge < -0.3 is 47.0 Å². The average Bonchev–Trinajstić information content (AvgIpc) is 2.24. The fourth-order valence-electron chi connectivity index (χ4n) is 0. The van der Waals surface area contributed by atoms with Crippen molar-refractivity contribution in [3.63, 3.8) is 0 Å². The molecule has 0 rings (SSSR count). The summed E-state index contributed by atoms with van der Waals surface area (Å²) in [7, 11) is -2.67. The van der Waals surface area contributed by atoms with Gasteiger partial charge in [0.15, 0.2) is 0 Å². The molecule has 0 heterocycles. The molecule has 0 aliphatic carbocycles. The first-order valence-corrected chi connectivity index (χ1v) is 5.76. The van der Waals surface area contributed by atoms with Crippen molar-refractivity contribution in [1.82, 2.24) is 0 Å². The minimum absolute atomic E-state index is 0. The molecule has 0 saturated carbocycles. The second-order valence-corrected chi connectivity index (χ2v) is 2.96. The van der Waals surface area contributed by atoms with E-state index in [4.69, 9.17) is 66.1 Å². The Balaban J connectivity index is -0.0000000245. The second kappa shape index (κ2) is 49.8. The molecular weight excluding hydrogens is 381 g/mol. The Morgan fingerprint density at radius 3 is 0.731 bits per heavy atom. The van der Waals surface area contributed by atoms with Crippen molar-refractivity contribution in [2.75, 3.05) is 13.1 Å². The molecule has 26 heavy (non-hydrogen) atoms. The largest absolute Gasteiger partial charge is 1.00 e. The number of nitrogens with two attached hydrogens (primary N) is 2. The Morgan fingerprint density at radius 2 is 0.731 bits per heavy atom. The van der Waals surface area contributed by atoms with Gasteiger partial charge in [-0.2, -0.15) is 0 Å². The molecule has 9 N–H and O–H groups in total. The molecule has 0 saturated heterocycles. The van der Waals surface area contributed by atoms with Crippen LogP contribution in [-0.2, 0) is 19.2 Å². The first kappa shape index (κ1) is 50.1. The summed E-state index contributed by atoms with van der Waals surface area (Å²) in [6.07, 6.45) is 0. The zero-order valence-corrected chi connectivity index (χ0v) is 19.8. The van der Waals surface area contributed by atoms with Gasteiger partial charge >= 0.3 is 59.1 Å². The Labute approximate surface area is 196 Å². The standard InChI is InChI=1S/C2H8N2.4C2H4O2.BHO3.2Na/c3-1-2-4;4*1-2(3)4;2-1(3)4;;/h1-4H2;4*1H3,(H,3,4);2H;;/q;;;;;-2;2*+1. The van der Waals surface area contributed by atoms with E-state index in [0.29, 0.717) is 13.1 Å².